The molecule has 2 aromatic heterocycles. The third-order valence-corrected chi connectivity index (χ3v) is 3.47. The summed E-state index contributed by atoms with van der Waals surface area (Å²) in [7, 11) is 0. The van der Waals surface area contributed by atoms with Crippen molar-refractivity contribution in [3.8, 4) is 0 Å². The van der Waals surface area contributed by atoms with Crippen molar-refractivity contribution in [3.63, 3.8) is 0 Å². The summed E-state index contributed by atoms with van der Waals surface area (Å²) < 4.78 is 2.15. The van der Waals surface area contributed by atoms with Gasteiger partial charge in [-0.3, -0.25) is 0 Å². The smallest absolute Gasteiger partial charge is 0.203 e. The maximum atomic E-state index is 4.51. The zero-order valence-corrected chi connectivity index (χ0v) is 11.4. The van der Waals surface area contributed by atoms with Gasteiger partial charge in [0.25, 0.3) is 0 Å². The van der Waals surface area contributed by atoms with Gasteiger partial charge < -0.3 is 9.88 Å². The maximum Gasteiger partial charge on any atom is 0.203 e. The second-order valence-electron chi connectivity index (χ2n) is 4.37. The van der Waals surface area contributed by atoms with Crippen LogP contribution in [0.2, 0.25) is 0 Å². The first-order valence-corrected chi connectivity index (χ1v) is 6.94. The summed E-state index contributed by atoms with van der Waals surface area (Å²) in [6, 6.07) is 2.58. The third kappa shape index (κ3) is 3.09. The molecule has 4 heteroatoms. The van der Waals surface area contributed by atoms with Crippen LogP contribution in [0.25, 0.3) is 0 Å². The Morgan fingerprint density at radius 2 is 2.35 bits per heavy atom. The highest BCUT2D eigenvalue weighted by Gasteiger charge is 2.08. The number of anilines is 1. The molecule has 0 bridgehead atoms. The molecule has 0 amide bonds. The SMILES string of the molecule is CCn1cc(C)nc1NC(C)Cc1ccsc1. The van der Waals surface area contributed by atoms with Gasteiger partial charge in [-0.25, -0.2) is 4.98 Å². The molecule has 2 rings (SSSR count). The Kier molecular flexibility index (Phi) is 3.84. The average molecular weight is 249 g/mol. The van der Waals surface area contributed by atoms with Gasteiger partial charge in [-0.05, 0) is 49.6 Å². The number of aryl methyl sites for hydroxylation is 2. The summed E-state index contributed by atoms with van der Waals surface area (Å²) in [6.07, 6.45) is 3.12. The Balaban J connectivity index is 2.00. The molecule has 0 saturated heterocycles. The van der Waals surface area contributed by atoms with Gasteiger partial charge in [-0.15, -0.1) is 0 Å². The van der Waals surface area contributed by atoms with Crippen LogP contribution in [0.15, 0.2) is 23.0 Å². The van der Waals surface area contributed by atoms with Crippen LogP contribution in [0, 0.1) is 6.92 Å². The first kappa shape index (κ1) is 12.2. The molecule has 0 aromatic carbocycles. The van der Waals surface area contributed by atoms with Crippen LogP contribution in [0.4, 0.5) is 5.95 Å². The largest absolute Gasteiger partial charge is 0.353 e. The van der Waals surface area contributed by atoms with Gasteiger partial charge >= 0.3 is 0 Å². The molecule has 1 atom stereocenters. The quantitative estimate of drug-likeness (QED) is 0.881. The van der Waals surface area contributed by atoms with Crippen LogP contribution in [-0.4, -0.2) is 15.6 Å². The Morgan fingerprint density at radius 3 is 3.00 bits per heavy atom. The van der Waals surface area contributed by atoms with Gasteiger partial charge in [0.15, 0.2) is 0 Å². The predicted octanol–water partition coefficient (Wildman–Crippen LogP) is 3.32. The van der Waals surface area contributed by atoms with E-state index >= 15 is 0 Å². The van der Waals surface area contributed by atoms with Crippen molar-refractivity contribution in [2.45, 2.75) is 39.8 Å². The van der Waals surface area contributed by atoms with Crippen molar-refractivity contribution in [3.05, 3.63) is 34.3 Å². The third-order valence-electron chi connectivity index (χ3n) is 2.74. The molecule has 2 heterocycles. The zero-order chi connectivity index (χ0) is 12.3. The standard InChI is InChI=1S/C13H19N3S/c1-4-16-8-11(3)15-13(16)14-10(2)7-12-5-6-17-9-12/h5-6,8-10H,4,7H2,1-3H3,(H,14,15). The van der Waals surface area contributed by atoms with E-state index in [0.29, 0.717) is 6.04 Å². The molecule has 92 valence electrons. The number of thiophene rings is 1. The summed E-state index contributed by atoms with van der Waals surface area (Å²) in [5.74, 6) is 0.979. The zero-order valence-electron chi connectivity index (χ0n) is 10.6. The van der Waals surface area contributed by atoms with Crippen LogP contribution in [0.3, 0.4) is 0 Å². The van der Waals surface area contributed by atoms with Gasteiger partial charge in [0.05, 0.1) is 5.69 Å². The van der Waals surface area contributed by atoms with Gasteiger partial charge in [-0.2, -0.15) is 11.3 Å². The summed E-state index contributed by atoms with van der Waals surface area (Å²) in [5.41, 5.74) is 2.46. The molecule has 0 spiro atoms. The minimum atomic E-state index is 0.400. The van der Waals surface area contributed by atoms with E-state index in [9.17, 15) is 0 Å². The van der Waals surface area contributed by atoms with Gasteiger partial charge in [0.2, 0.25) is 5.95 Å². The Labute approximate surface area is 107 Å². The minimum absolute atomic E-state index is 0.400. The van der Waals surface area contributed by atoms with E-state index in [1.807, 2.05) is 6.92 Å². The monoisotopic (exact) mass is 249 g/mol. The van der Waals surface area contributed by atoms with Crippen molar-refractivity contribution < 1.29 is 0 Å². The van der Waals surface area contributed by atoms with E-state index in [1.165, 1.54) is 5.56 Å². The fourth-order valence-electron chi connectivity index (χ4n) is 1.94. The summed E-state index contributed by atoms with van der Waals surface area (Å²) in [4.78, 5) is 4.51. The highest BCUT2D eigenvalue weighted by atomic mass is 32.1. The van der Waals surface area contributed by atoms with E-state index in [0.717, 1.165) is 24.6 Å². The van der Waals surface area contributed by atoms with Crippen molar-refractivity contribution in [2.75, 3.05) is 5.32 Å². The van der Waals surface area contributed by atoms with Crippen LogP contribution < -0.4 is 5.32 Å². The Bertz CT molecular complexity index is 459. The normalized spacial score (nSPS) is 12.6. The highest BCUT2D eigenvalue weighted by molar-refractivity contribution is 7.07. The topological polar surface area (TPSA) is 29.9 Å². The van der Waals surface area contributed by atoms with Crippen molar-refractivity contribution in [1.82, 2.24) is 9.55 Å². The molecular weight excluding hydrogens is 230 g/mol. The first-order chi connectivity index (χ1) is 8.19. The number of nitrogens with one attached hydrogen (secondary N) is 1. The van der Waals surface area contributed by atoms with E-state index in [4.69, 9.17) is 0 Å². The van der Waals surface area contributed by atoms with Gasteiger partial charge in [-0.1, -0.05) is 0 Å². The van der Waals surface area contributed by atoms with E-state index in [2.05, 4.69) is 51.7 Å². The lowest BCUT2D eigenvalue weighted by molar-refractivity contribution is 0.723. The lowest BCUT2D eigenvalue weighted by Gasteiger charge is -2.14. The Morgan fingerprint density at radius 1 is 1.53 bits per heavy atom. The average Bonchev–Trinajstić information content (AvgIpc) is 2.88. The minimum Gasteiger partial charge on any atom is -0.353 e. The van der Waals surface area contributed by atoms with Crippen LogP contribution in [-0.2, 0) is 13.0 Å². The maximum absolute atomic E-state index is 4.51. The number of hydrogen-bond acceptors (Lipinski definition) is 3. The van der Waals surface area contributed by atoms with E-state index < -0.39 is 0 Å². The van der Waals surface area contributed by atoms with Crippen molar-refractivity contribution in [2.24, 2.45) is 0 Å². The van der Waals surface area contributed by atoms with Gasteiger partial charge in [0.1, 0.15) is 0 Å². The summed E-state index contributed by atoms with van der Waals surface area (Å²) >= 11 is 1.75. The number of aromatic nitrogens is 2. The molecule has 17 heavy (non-hydrogen) atoms. The molecule has 3 nitrogen and oxygen atoms in total. The molecule has 1 N–H and O–H groups in total. The van der Waals surface area contributed by atoms with Crippen molar-refractivity contribution >= 4 is 17.3 Å². The summed E-state index contributed by atoms with van der Waals surface area (Å²) in [5, 5.41) is 7.81. The fraction of sp³-hybridized carbons (Fsp3) is 0.462. The van der Waals surface area contributed by atoms with Gasteiger partial charge in [0, 0.05) is 18.8 Å². The lowest BCUT2D eigenvalue weighted by Crippen LogP contribution is -2.20. The highest BCUT2D eigenvalue weighted by Crippen LogP contribution is 2.13. The van der Waals surface area contributed by atoms with E-state index in [1.54, 1.807) is 11.3 Å². The number of rotatable bonds is 5. The first-order valence-electron chi connectivity index (χ1n) is 6.00. The van der Waals surface area contributed by atoms with Crippen molar-refractivity contribution in [1.29, 1.82) is 0 Å². The fourth-order valence-corrected chi connectivity index (χ4v) is 2.62. The summed E-state index contributed by atoms with van der Waals surface area (Å²) in [6.45, 7) is 7.31. The molecule has 0 radical (unpaired) electrons. The molecule has 0 aliphatic rings. The second-order valence-corrected chi connectivity index (χ2v) is 5.15. The van der Waals surface area contributed by atoms with Crippen LogP contribution >= 0.6 is 11.3 Å². The number of imidazole rings is 1. The van der Waals surface area contributed by atoms with E-state index in [-0.39, 0.29) is 0 Å². The lowest BCUT2D eigenvalue weighted by atomic mass is 10.1. The predicted molar refractivity (Wildman–Crippen MR) is 73.7 cm³/mol. The second kappa shape index (κ2) is 5.36. The molecular formula is C13H19N3S. The molecule has 0 aliphatic carbocycles. The molecule has 0 fully saturated rings. The Hall–Kier alpha value is -1.29. The molecule has 2 aromatic rings. The molecule has 1 unspecified atom stereocenters. The van der Waals surface area contributed by atoms with Crippen LogP contribution in [0.1, 0.15) is 25.1 Å². The van der Waals surface area contributed by atoms with Crippen LogP contribution in [0.5, 0.6) is 0 Å². The number of nitrogens with zero attached hydrogens (tertiary/aromatic N) is 2. The molecule has 0 saturated carbocycles. The number of hydrogen-bond donors (Lipinski definition) is 1. The molecule has 0 aliphatic heterocycles.